The normalized spacial score (nSPS) is 12.0. The molecule has 0 fully saturated rings. The second kappa shape index (κ2) is 5.87. The zero-order valence-corrected chi connectivity index (χ0v) is 13.0. The van der Waals surface area contributed by atoms with Crippen LogP contribution in [-0.4, -0.2) is 13.4 Å². The molecule has 0 spiro atoms. The molecular formula is C16H13ClN2O2S. The number of H-pyrrole nitrogens is 1. The van der Waals surface area contributed by atoms with E-state index in [2.05, 4.69) is 9.71 Å². The topological polar surface area (TPSA) is 62.0 Å². The van der Waals surface area contributed by atoms with E-state index in [1.54, 1.807) is 42.6 Å². The third kappa shape index (κ3) is 3.32. The van der Waals surface area contributed by atoms with Gasteiger partial charge in [0.15, 0.2) is 0 Å². The second-order valence-electron chi connectivity index (χ2n) is 4.75. The summed E-state index contributed by atoms with van der Waals surface area (Å²) >= 11 is 6.00. The van der Waals surface area contributed by atoms with Crippen molar-refractivity contribution in [3.05, 3.63) is 70.7 Å². The summed E-state index contributed by atoms with van der Waals surface area (Å²) in [6, 6.07) is 14.2. The lowest BCUT2D eigenvalue weighted by Gasteiger charge is -2.04. The predicted octanol–water partition coefficient (Wildman–Crippen LogP) is 4.23. The fourth-order valence-electron chi connectivity index (χ4n) is 2.09. The predicted molar refractivity (Wildman–Crippen MR) is 91.3 cm³/mol. The van der Waals surface area contributed by atoms with E-state index < -0.39 is 10.0 Å². The summed E-state index contributed by atoms with van der Waals surface area (Å²) < 4.78 is 26.7. The van der Waals surface area contributed by atoms with Crippen molar-refractivity contribution >= 4 is 44.3 Å². The summed E-state index contributed by atoms with van der Waals surface area (Å²) in [4.78, 5) is 3.06. The Morgan fingerprint density at radius 3 is 2.73 bits per heavy atom. The monoisotopic (exact) mass is 332 g/mol. The van der Waals surface area contributed by atoms with Crippen LogP contribution in [0.4, 0.5) is 5.69 Å². The lowest BCUT2D eigenvalue weighted by atomic mass is 10.2. The highest BCUT2D eigenvalue weighted by molar-refractivity contribution is 7.95. The molecule has 3 aromatic rings. The number of benzene rings is 2. The molecule has 1 aromatic heterocycles. The van der Waals surface area contributed by atoms with Crippen molar-refractivity contribution < 1.29 is 8.42 Å². The zero-order chi connectivity index (χ0) is 15.6. The van der Waals surface area contributed by atoms with Crippen molar-refractivity contribution in [3.8, 4) is 0 Å². The van der Waals surface area contributed by atoms with Gasteiger partial charge in [-0.05, 0) is 42.0 Å². The zero-order valence-electron chi connectivity index (χ0n) is 11.5. The third-order valence-electron chi connectivity index (χ3n) is 3.15. The highest BCUT2D eigenvalue weighted by atomic mass is 35.5. The molecule has 0 aliphatic rings. The molecule has 1 heterocycles. The number of aromatic amines is 1. The minimum Gasteiger partial charge on any atom is -0.361 e. The average molecular weight is 333 g/mol. The molecule has 6 heteroatoms. The molecule has 22 heavy (non-hydrogen) atoms. The first-order valence-electron chi connectivity index (χ1n) is 6.56. The molecule has 3 rings (SSSR count). The number of rotatable bonds is 4. The van der Waals surface area contributed by atoms with E-state index in [-0.39, 0.29) is 0 Å². The van der Waals surface area contributed by atoms with Crippen LogP contribution in [0.25, 0.3) is 17.0 Å². The number of nitrogens with one attached hydrogen (secondary N) is 2. The summed E-state index contributed by atoms with van der Waals surface area (Å²) in [6.45, 7) is 0. The Hall–Kier alpha value is -2.24. The second-order valence-corrected chi connectivity index (χ2v) is 6.72. The number of hydrogen-bond acceptors (Lipinski definition) is 2. The van der Waals surface area contributed by atoms with Crippen molar-refractivity contribution in [1.29, 1.82) is 0 Å². The molecule has 112 valence electrons. The number of halogens is 1. The smallest absolute Gasteiger partial charge is 0.255 e. The maximum absolute atomic E-state index is 12.1. The van der Waals surface area contributed by atoms with Gasteiger partial charge in [0.1, 0.15) is 0 Å². The molecule has 2 aromatic carbocycles. The standard InChI is InChI=1S/C16H13ClN2O2S/c17-15-4-2-1-3-12(15)8-10-22(20,21)19-14-5-6-16-13(11-14)7-9-18-16/h1-11,18-19H. The first-order valence-corrected chi connectivity index (χ1v) is 8.48. The van der Waals surface area contributed by atoms with E-state index in [1.807, 2.05) is 12.1 Å². The average Bonchev–Trinajstić information content (AvgIpc) is 2.93. The molecule has 0 saturated heterocycles. The molecule has 0 saturated carbocycles. The molecule has 0 amide bonds. The Bertz CT molecular complexity index is 945. The summed E-state index contributed by atoms with van der Waals surface area (Å²) in [5.74, 6) is 0. The van der Waals surface area contributed by atoms with Gasteiger partial charge in [0.2, 0.25) is 0 Å². The van der Waals surface area contributed by atoms with Gasteiger partial charge in [0.25, 0.3) is 10.0 Å². The molecule has 2 N–H and O–H groups in total. The van der Waals surface area contributed by atoms with E-state index in [0.717, 1.165) is 16.3 Å². The van der Waals surface area contributed by atoms with E-state index in [4.69, 9.17) is 11.6 Å². The number of hydrogen-bond donors (Lipinski definition) is 2. The highest BCUT2D eigenvalue weighted by Crippen LogP contribution is 2.20. The quantitative estimate of drug-likeness (QED) is 0.750. The molecule has 0 aliphatic heterocycles. The Labute approximate surface area is 133 Å². The molecule has 4 nitrogen and oxygen atoms in total. The van der Waals surface area contributed by atoms with Gasteiger partial charge in [-0.2, -0.15) is 0 Å². The van der Waals surface area contributed by atoms with Crippen molar-refractivity contribution in [2.24, 2.45) is 0 Å². The van der Waals surface area contributed by atoms with E-state index in [0.29, 0.717) is 16.3 Å². The van der Waals surface area contributed by atoms with Gasteiger partial charge in [-0.15, -0.1) is 0 Å². The first-order chi connectivity index (χ1) is 10.5. The van der Waals surface area contributed by atoms with Crippen LogP contribution in [0.3, 0.4) is 0 Å². The van der Waals surface area contributed by atoms with Crippen molar-refractivity contribution in [2.45, 2.75) is 0 Å². The minimum atomic E-state index is -3.60. The van der Waals surface area contributed by atoms with Crippen molar-refractivity contribution in [2.75, 3.05) is 4.72 Å². The van der Waals surface area contributed by atoms with Crippen molar-refractivity contribution in [3.63, 3.8) is 0 Å². The van der Waals surface area contributed by atoms with Gasteiger partial charge in [-0.25, -0.2) is 8.42 Å². The summed E-state index contributed by atoms with van der Waals surface area (Å²) in [6.07, 6.45) is 3.28. The minimum absolute atomic E-state index is 0.502. The molecule has 0 radical (unpaired) electrons. The van der Waals surface area contributed by atoms with Gasteiger partial charge in [0, 0.05) is 27.8 Å². The lowest BCUT2D eigenvalue weighted by Crippen LogP contribution is -2.08. The van der Waals surface area contributed by atoms with Crippen LogP contribution in [0.5, 0.6) is 0 Å². The van der Waals surface area contributed by atoms with E-state index in [1.165, 1.54) is 6.08 Å². The largest absolute Gasteiger partial charge is 0.361 e. The summed E-state index contributed by atoms with van der Waals surface area (Å²) in [5.41, 5.74) is 2.11. The number of aromatic nitrogens is 1. The Balaban J connectivity index is 1.82. The summed E-state index contributed by atoms with van der Waals surface area (Å²) in [7, 11) is -3.60. The number of anilines is 1. The molecule has 0 bridgehead atoms. The van der Waals surface area contributed by atoms with Crippen molar-refractivity contribution in [1.82, 2.24) is 4.98 Å². The lowest BCUT2D eigenvalue weighted by molar-refractivity contribution is 0.609. The Kier molecular flexibility index (Phi) is 3.92. The molecule has 0 aliphatic carbocycles. The van der Waals surface area contributed by atoms with Gasteiger partial charge in [-0.3, -0.25) is 4.72 Å². The van der Waals surface area contributed by atoms with Crippen LogP contribution in [0.2, 0.25) is 5.02 Å². The van der Waals surface area contributed by atoms with Crippen LogP contribution in [0.1, 0.15) is 5.56 Å². The Morgan fingerprint density at radius 2 is 1.91 bits per heavy atom. The highest BCUT2D eigenvalue weighted by Gasteiger charge is 2.07. The van der Waals surface area contributed by atoms with Crippen LogP contribution >= 0.6 is 11.6 Å². The van der Waals surface area contributed by atoms with Crippen LogP contribution in [0.15, 0.2) is 60.1 Å². The molecular weight excluding hydrogens is 320 g/mol. The maximum atomic E-state index is 12.1. The van der Waals surface area contributed by atoms with Gasteiger partial charge < -0.3 is 4.98 Å². The van der Waals surface area contributed by atoms with Crippen LogP contribution in [0, 0.1) is 0 Å². The summed E-state index contributed by atoms with van der Waals surface area (Å²) in [5, 5.41) is 2.55. The van der Waals surface area contributed by atoms with E-state index >= 15 is 0 Å². The Morgan fingerprint density at radius 1 is 1.09 bits per heavy atom. The third-order valence-corrected chi connectivity index (χ3v) is 4.50. The number of fused-ring (bicyclic) bond motifs is 1. The number of sulfonamides is 1. The molecule has 0 atom stereocenters. The van der Waals surface area contributed by atoms with Gasteiger partial charge in [0.05, 0.1) is 5.41 Å². The fraction of sp³-hybridized carbons (Fsp3) is 0. The first kappa shape index (κ1) is 14.7. The van der Waals surface area contributed by atoms with Gasteiger partial charge in [-0.1, -0.05) is 29.8 Å². The van der Waals surface area contributed by atoms with Crippen LogP contribution < -0.4 is 4.72 Å². The van der Waals surface area contributed by atoms with E-state index in [9.17, 15) is 8.42 Å². The SMILES string of the molecule is O=S(=O)(C=Cc1ccccc1Cl)Nc1ccc2[nH]ccc2c1. The maximum Gasteiger partial charge on any atom is 0.255 e. The molecule has 0 unspecified atom stereocenters. The van der Waals surface area contributed by atoms with Crippen LogP contribution in [-0.2, 0) is 10.0 Å². The fourth-order valence-corrected chi connectivity index (χ4v) is 3.14. The van der Waals surface area contributed by atoms with Gasteiger partial charge >= 0.3 is 0 Å².